The van der Waals surface area contributed by atoms with Gasteiger partial charge in [0.05, 0.1) is 28.8 Å². The maximum absolute atomic E-state index is 14.2. The molecule has 37 heavy (non-hydrogen) atoms. The van der Waals surface area contributed by atoms with E-state index in [-0.39, 0.29) is 29.2 Å². The van der Waals surface area contributed by atoms with Gasteiger partial charge in [0.2, 0.25) is 17.6 Å². The van der Waals surface area contributed by atoms with Gasteiger partial charge in [-0.15, -0.1) is 0 Å². The predicted molar refractivity (Wildman–Crippen MR) is 135 cm³/mol. The van der Waals surface area contributed by atoms with Gasteiger partial charge in [-0.05, 0) is 63.0 Å². The number of carbonyl (C=O) groups is 2. The number of phenolic OH excluding ortho intramolecular Hbond substituents is 1. The van der Waals surface area contributed by atoms with Crippen LogP contribution in [-0.2, 0) is 15.0 Å². The van der Waals surface area contributed by atoms with E-state index >= 15 is 0 Å². The fraction of sp³-hybridized carbons (Fsp3) is 0.714. The lowest BCUT2D eigenvalue weighted by Crippen LogP contribution is -2.82. The molecule has 3 N–H and O–H groups in total. The Labute approximate surface area is 217 Å². The highest BCUT2D eigenvalue weighted by Gasteiger charge is 2.82. The van der Waals surface area contributed by atoms with Crippen LogP contribution in [0.25, 0.3) is 0 Å². The molecule has 5 atom stereocenters. The number of hydrogen-bond donors (Lipinski definition) is 3. The monoisotopic (exact) mass is 511 g/mol. The second-order valence-corrected chi connectivity index (χ2v) is 13.7. The van der Waals surface area contributed by atoms with Gasteiger partial charge in [-0.25, -0.2) is 0 Å². The molecule has 5 fully saturated rings. The molecule has 6 aliphatic heterocycles. The number of aliphatic hydroxyl groups is 1. The van der Waals surface area contributed by atoms with Gasteiger partial charge >= 0.3 is 0 Å². The van der Waals surface area contributed by atoms with Gasteiger partial charge in [-0.1, -0.05) is 13.8 Å². The van der Waals surface area contributed by atoms with Gasteiger partial charge < -0.3 is 29.9 Å². The second-order valence-electron chi connectivity index (χ2n) is 13.7. The molecule has 1 aromatic rings. The Morgan fingerprint density at radius 2 is 1.84 bits per heavy atom. The molecule has 4 saturated heterocycles. The number of ether oxygens (including phenoxy) is 2. The number of nitrogens with one attached hydrogen (secondary N) is 1. The molecule has 7 aliphatic rings. The summed E-state index contributed by atoms with van der Waals surface area (Å²) in [6.07, 6.45) is 2.14. The summed E-state index contributed by atoms with van der Waals surface area (Å²) in [7, 11) is 1.85. The Bertz CT molecular complexity index is 1290. The summed E-state index contributed by atoms with van der Waals surface area (Å²) in [5, 5.41) is 25.9. The first-order chi connectivity index (χ1) is 17.1. The number of likely N-dealkylation sites (N-methyl/N-ethyl adjacent to an activating group) is 1. The SMILES string of the molecule is CN1C(=O)[C@]23CC4C(C)(C)[C@@]5(C[C@@]41CN2CC[C@@]3(C)O)C(=O)Nc1c5cc(O)c2c1OCCC(C)(C)O2. The molecule has 200 valence electrons. The van der Waals surface area contributed by atoms with Gasteiger partial charge in [0.1, 0.15) is 11.1 Å². The lowest BCUT2D eigenvalue weighted by molar-refractivity contribution is -0.206. The topological polar surface area (TPSA) is 112 Å². The molecule has 1 aromatic carbocycles. The summed E-state index contributed by atoms with van der Waals surface area (Å²) in [6, 6.07) is 1.68. The molecule has 9 heteroatoms. The zero-order valence-corrected chi connectivity index (χ0v) is 22.5. The number of anilines is 1. The first-order valence-corrected chi connectivity index (χ1v) is 13.4. The number of aromatic hydroxyl groups is 1. The molecule has 6 heterocycles. The second kappa shape index (κ2) is 6.37. The fourth-order valence-electron chi connectivity index (χ4n) is 9.27. The smallest absolute Gasteiger partial charge is 0.246 e. The molecular weight excluding hydrogens is 474 g/mol. The van der Waals surface area contributed by atoms with E-state index < -0.39 is 33.1 Å². The summed E-state index contributed by atoms with van der Waals surface area (Å²) in [6.45, 7) is 11.6. The predicted octanol–water partition coefficient (Wildman–Crippen LogP) is 2.38. The van der Waals surface area contributed by atoms with Crippen molar-refractivity contribution in [3.63, 3.8) is 0 Å². The quantitative estimate of drug-likeness (QED) is 0.459. The van der Waals surface area contributed by atoms with Gasteiger partial charge in [-0.2, -0.15) is 0 Å². The van der Waals surface area contributed by atoms with Crippen LogP contribution in [0.5, 0.6) is 17.2 Å². The molecule has 1 aliphatic carbocycles. The molecule has 3 spiro atoms. The number of carbonyl (C=O) groups excluding carboxylic acids is 2. The standard InChI is InChI=1S/C28H37N3O6/c1-23(2)8-10-36-20-18-15(11-16(32)19(20)37-23)27(21(33)29-18)13-26-14-31-9-7-25(5,35)28(31,22(34)30(26)6)12-17(26)24(27,3)4/h11,17,32,35H,7-10,12-14H2,1-6H3,(H,29,33)/t17?,25-,26-,27-,28+/m1/s1. The van der Waals surface area contributed by atoms with Crippen LogP contribution in [0.2, 0.25) is 0 Å². The van der Waals surface area contributed by atoms with Crippen LogP contribution in [0.1, 0.15) is 65.9 Å². The first kappa shape index (κ1) is 23.6. The number of piperazine rings is 1. The van der Waals surface area contributed by atoms with Crippen molar-refractivity contribution in [2.24, 2.45) is 11.3 Å². The lowest BCUT2D eigenvalue weighted by atomic mass is 9.55. The third-order valence-electron chi connectivity index (χ3n) is 11.4. The maximum atomic E-state index is 14.2. The number of nitrogens with zero attached hydrogens (tertiary/aromatic N) is 2. The van der Waals surface area contributed by atoms with Crippen molar-refractivity contribution >= 4 is 17.5 Å². The average Bonchev–Trinajstić information content (AvgIpc) is 3.25. The first-order valence-electron chi connectivity index (χ1n) is 13.4. The third-order valence-corrected chi connectivity index (χ3v) is 11.4. The summed E-state index contributed by atoms with van der Waals surface area (Å²) in [5.41, 5.74) is -3.51. The Hall–Kier alpha value is -2.52. The zero-order valence-electron chi connectivity index (χ0n) is 22.5. The number of fused-ring (bicyclic) bond motifs is 5. The number of piperidine rings is 2. The van der Waals surface area contributed by atoms with Crippen molar-refractivity contribution in [3.8, 4) is 17.2 Å². The van der Waals surface area contributed by atoms with E-state index in [2.05, 4.69) is 24.1 Å². The highest BCUT2D eigenvalue weighted by atomic mass is 16.5. The van der Waals surface area contributed by atoms with E-state index in [4.69, 9.17) is 9.47 Å². The van der Waals surface area contributed by atoms with Crippen LogP contribution in [0.15, 0.2) is 6.07 Å². The van der Waals surface area contributed by atoms with E-state index in [1.165, 1.54) is 0 Å². The maximum Gasteiger partial charge on any atom is 0.246 e. The van der Waals surface area contributed by atoms with Crippen molar-refractivity contribution in [2.75, 3.05) is 32.1 Å². The lowest BCUT2D eigenvalue weighted by Gasteiger charge is -2.65. The third kappa shape index (κ3) is 2.32. The molecule has 2 amide bonds. The van der Waals surface area contributed by atoms with Gasteiger partial charge in [0.15, 0.2) is 11.5 Å². The van der Waals surface area contributed by atoms with Gasteiger partial charge in [0.25, 0.3) is 0 Å². The minimum atomic E-state index is -1.14. The molecule has 9 nitrogen and oxygen atoms in total. The number of amides is 2. The van der Waals surface area contributed by atoms with Gasteiger partial charge in [0, 0.05) is 26.6 Å². The molecule has 1 unspecified atom stereocenters. The Kier molecular flexibility index (Phi) is 4.06. The van der Waals surface area contributed by atoms with Crippen LogP contribution in [0.3, 0.4) is 0 Å². The molecule has 0 radical (unpaired) electrons. The molecule has 2 bridgehead atoms. The Morgan fingerprint density at radius 1 is 1.11 bits per heavy atom. The Morgan fingerprint density at radius 3 is 2.57 bits per heavy atom. The highest BCUT2D eigenvalue weighted by molar-refractivity contribution is 6.10. The van der Waals surface area contributed by atoms with E-state index in [0.29, 0.717) is 62.4 Å². The van der Waals surface area contributed by atoms with Crippen molar-refractivity contribution < 1.29 is 29.3 Å². The fourth-order valence-corrected chi connectivity index (χ4v) is 9.27. The van der Waals surface area contributed by atoms with Crippen LogP contribution in [0, 0.1) is 11.3 Å². The zero-order chi connectivity index (χ0) is 26.6. The van der Waals surface area contributed by atoms with Gasteiger partial charge in [-0.3, -0.25) is 14.5 Å². The average molecular weight is 512 g/mol. The van der Waals surface area contributed by atoms with Crippen LogP contribution in [0.4, 0.5) is 5.69 Å². The van der Waals surface area contributed by atoms with Crippen molar-refractivity contribution in [3.05, 3.63) is 11.6 Å². The van der Waals surface area contributed by atoms with Crippen LogP contribution < -0.4 is 14.8 Å². The largest absolute Gasteiger partial charge is 0.504 e. The number of phenols is 1. The summed E-state index contributed by atoms with van der Waals surface area (Å²) in [5.74, 6) is 0.382. The normalized spacial score (nSPS) is 42.5. The summed E-state index contributed by atoms with van der Waals surface area (Å²) >= 11 is 0. The Balaban J connectivity index is 1.43. The molecule has 1 saturated carbocycles. The number of benzene rings is 1. The number of rotatable bonds is 0. The van der Waals surface area contributed by atoms with Crippen molar-refractivity contribution in [2.45, 2.75) is 88.0 Å². The highest BCUT2D eigenvalue weighted by Crippen LogP contribution is 2.73. The van der Waals surface area contributed by atoms with E-state index in [1.54, 1.807) is 13.0 Å². The molecule has 8 rings (SSSR count). The van der Waals surface area contributed by atoms with Crippen molar-refractivity contribution in [1.82, 2.24) is 9.80 Å². The van der Waals surface area contributed by atoms with Crippen LogP contribution in [-0.4, -0.2) is 80.9 Å². The number of hydrogen-bond acceptors (Lipinski definition) is 7. The minimum absolute atomic E-state index is 0.0303. The molecular formula is C28H37N3O6. The van der Waals surface area contributed by atoms with E-state index in [0.717, 1.165) is 0 Å². The van der Waals surface area contributed by atoms with E-state index in [1.807, 2.05) is 25.8 Å². The summed E-state index contributed by atoms with van der Waals surface area (Å²) < 4.78 is 12.3. The van der Waals surface area contributed by atoms with Crippen LogP contribution >= 0.6 is 0 Å². The van der Waals surface area contributed by atoms with Crippen molar-refractivity contribution in [1.29, 1.82) is 0 Å². The minimum Gasteiger partial charge on any atom is -0.504 e. The summed E-state index contributed by atoms with van der Waals surface area (Å²) in [4.78, 5) is 32.2. The molecule has 0 aromatic heterocycles. The van der Waals surface area contributed by atoms with E-state index in [9.17, 15) is 19.8 Å².